The van der Waals surface area contributed by atoms with E-state index in [1.165, 1.54) is 0 Å². The molecule has 0 spiro atoms. The molecule has 0 aliphatic carbocycles. The van der Waals surface area contributed by atoms with Crippen LogP contribution in [0.1, 0.15) is 26.3 Å². The Labute approximate surface area is 148 Å². The van der Waals surface area contributed by atoms with Gasteiger partial charge in [-0.05, 0) is 38.5 Å². The first kappa shape index (κ1) is 19.2. The highest BCUT2D eigenvalue weighted by molar-refractivity contribution is 5.89. The van der Waals surface area contributed by atoms with Gasteiger partial charge in [-0.1, -0.05) is 12.1 Å². The van der Waals surface area contributed by atoms with E-state index in [1.807, 2.05) is 32.9 Å². The van der Waals surface area contributed by atoms with E-state index in [0.29, 0.717) is 25.2 Å². The van der Waals surface area contributed by atoms with E-state index in [9.17, 15) is 14.7 Å². The molecule has 138 valence electrons. The number of morpholine rings is 1. The van der Waals surface area contributed by atoms with Crippen LogP contribution in [0.2, 0.25) is 0 Å². The third kappa shape index (κ3) is 6.03. The van der Waals surface area contributed by atoms with Crippen LogP contribution in [0.15, 0.2) is 24.3 Å². The second-order valence-corrected chi connectivity index (χ2v) is 6.68. The number of amides is 3. The summed E-state index contributed by atoms with van der Waals surface area (Å²) in [5, 5.41) is 14.9. The normalized spacial score (nSPS) is 20.4. The van der Waals surface area contributed by atoms with E-state index < -0.39 is 0 Å². The second kappa shape index (κ2) is 8.82. The zero-order valence-corrected chi connectivity index (χ0v) is 15.0. The molecule has 2 atom stereocenters. The fourth-order valence-electron chi connectivity index (χ4n) is 2.78. The summed E-state index contributed by atoms with van der Waals surface area (Å²) in [4.78, 5) is 25.8. The van der Waals surface area contributed by atoms with Crippen molar-refractivity contribution >= 4 is 17.6 Å². The Morgan fingerprint density at radius 1 is 1.28 bits per heavy atom. The number of ether oxygens (including phenoxy) is 1. The van der Waals surface area contributed by atoms with Gasteiger partial charge >= 0.3 is 6.03 Å². The topological polar surface area (TPSA) is 90.9 Å². The van der Waals surface area contributed by atoms with Crippen LogP contribution in [0.25, 0.3) is 0 Å². The standard InChI is InChI=1S/C18H27N3O4/c1-12(2)19-17(23)8-14-4-6-15(7-5-14)20-18(24)21-9-13(3)25-16(10-21)11-22/h4-7,12-13,16,22H,8-11H2,1-3H3,(H,19,23)(H,20,24)/t13-,16-/m0/s1. The lowest BCUT2D eigenvalue weighted by atomic mass is 10.1. The van der Waals surface area contributed by atoms with Crippen molar-refractivity contribution in [2.75, 3.05) is 25.0 Å². The van der Waals surface area contributed by atoms with E-state index in [4.69, 9.17) is 4.74 Å². The van der Waals surface area contributed by atoms with E-state index in [0.717, 1.165) is 5.56 Å². The maximum absolute atomic E-state index is 12.4. The number of rotatable bonds is 5. The largest absolute Gasteiger partial charge is 0.394 e. The molecule has 0 saturated carbocycles. The van der Waals surface area contributed by atoms with Crippen molar-refractivity contribution in [3.8, 4) is 0 Å². The number of anilines is 1. The summed E-state index contributed by atoms with van der Waals surface area (Å²) >= 11 is 0. The molecule has 1 aliphatic heterocycles. The maximum Gasteiger partial charge on any atom is 0.322 e. The number of carbonyl (C=O) groups excluding carboxylic acids is 2. The molecule has 1 aliphatic rings. The molecular weight excluding hydrogens is 322 g/mol. The molecule has 1 aromatic carbocycles. The number of carbonyl (C=O) groups is 2. The highest BCUT2D eigenvalue weighted by atomic mass is 16.5. The van der Waals surface area contributed by atoms with Crippen LogP contribution in [0, 0.1) is 0 Å². The Kier molecular flexibility index (Phi) is 6.78. The van der Waals surface area contributed by atoms with E-state index in [2.05, 4.69) is 10.6 Å². The first-order chi connectivity index (χ1) is 11.9. The van der Waals surface area contributed by atoms with Gasteiger partial charge in [0.05, 0.1) is 31.8 Å². The van der Waals surface area contributed by atoms with Gasteiger partial charge in [-0.2, -0.15) is 0 Å². The summed E-state index contributed by atoms with van der Waals surface area (Å²) < 4.78 is 5.54. The first-order valence-corrected chi connectivity index (χ1v) is 8.58. The summed E-state index contributed by atoms with van der Waals surface area (Å²) in [6, 6.07) is 7.11. The van der Waals surface area contributed by atoms with Crippen LogP contribution in [-0.2, 0) is 16.0 Å². The van der Waals surface area contributed by atoms with Crippen LogP contribution < -0.4 is 10.6 Å². The second-order valence-electron chi connectivity index (χ2n) is 6.68. The Morgan fingerprint density at radius 3 is 2.56 bits per heavy atom. The molecule has 1 aromatic rings. The quantitative estimate of drug-likeness (QED) is 0.749. The van der Waals surface area contributed by atoms with Crippen molar-refractivity contribution in [1.82, 2.24) is 10.2 Å². The molecule has 1 saturated heterocycles. The van der Waals surface area contributed by atoms with Crippen LogP contribution in [0.3, 0.4) is 0 Å². The molecular formula is C18H27N3O4. The van der Waals surface area contributed by atoms with Crippen LogP contribution in [-0.4, -0.2) is 59.9 Å². The molecule has 3 amide bonds. The lowest BCUT2D eigenvalue weighted by molar-refractivity contribution is -0.120. The smallest absolute Gasteiger partial charge is 0.322 e. The first-order valence-electron chi connectivity index (χ1n) is 8.58. The highest BCUT2D eigenvalue weighted by Crippen LogP contribution is 2.15. The Balaban J connectivity index is 1.90. The minimum atomic E-state index is -0.351. The lowest BCUT2D eigenvalue weighted by Gasteiger charge is -2.36. The average Bonchev–Trinajstić information content (AvgIpc) is 2.55. The monoisotopic (exact) mass is 349 g/mol. The summed E-state index contributed by atoms with van der Waals surface area (Å²) in [5.41, 5.74) is 1.55. The Bertz CT molecular complexity index is 588. The van der Waals surface area contributed by atoms with Crippen molar-refractivity contribution in [3.05, 3.63) is 29.8 Å². The molecule has 0 bridgehead atoms. The van der Waals surface area contributed by atoms with Gasteiger partial charge in [0, 0.05) is 18.3 Å². The van der Waals surface area contributed by atoms with Gasteiger partial charge in [0.2, 0.25) is 5.91 Å². The zero-order valence-electron chi connectivity index (χ0n) is 15.0. The molecule has 25 heavy (non-hydrogen) atoms. The molecule has 7 nitrogen and oxygen atoms in total. The molecule has 1 heterocycles. The predicted octanol–water partition coefficient (Wildman–Crippen LogP) is 1.37. The van der Waals surface area contributed by atoms with Gasteiger partial charge in [0.25, 0.3) is 0 Å². The minimum absolute atomic E-state index is 0.0239. The molecule has 3 N–H and O–H groups in total. The number of urea groups is 1. The van der Waals surface area contributed by atoms with Gasteiger partial charge in [-0.3, -0.25) is 4.79 Å². The fraction of sp³-hybridized carbons (Fsp3) is 0.556. The van der Waals surface area contributed by atoms with Gasteiger partial charge < -0.3 is 25.4 Å². The maximum atomic E-state index is 12.4. The molecule has 2 rings (SSSR count). The molecule has 7 heteroatoms. The lowest BCUT2D eigenvalue weighted by Crippen LogP contribution is -2.51. The number of benzene rings is 1. The number of nitrogens with one attached hydrogen (secondary N) is 2. The Morgan fingerprint density at radius 2 is 1.96 bits per heavy atom. The number of aliphatic hydroxyl groups excluding tert-OH is 1. The van der Waals surface area contributed by atoms with Gasteiger partial charge in [-0.25, -0.2) is 4.79 Å². The third-order valence-electron chi connectivity index (χ3n) is 3.84. The fourth-order valence-corrected chi connectivity index (χ4v) is 2.78. The van der Waals surface area contributed by atoms with Gasteiger partial charge in [0.1, 0.15) is 0 Å². The summed E-state index contributed by atoms with van der Waals surface area (Å²) in [7, 11) is 0. The minimum Gasteiger partial charge on any atom is -0.394 e. The van der Waals surface area contributed by atoms with E-state index >= 15 is 0 Å². The number of hydrogen-bond acceptors (Lipinski definition) is 4. The number of hydrogen-bond donors (Lipinski definition) is 3. The SMILES string of the molecule is CC(C)NC(=O)Cc1ccc(NC(=O)N2C[C@@H](CO)O[C@@H](C)C2)cc1. The summed E-state index contributed by atoms with van der Waals surface area (Å²) in [6.07, 6.45) is -0.152. The molecule has 0 aromatic heterocycles. The van der Waals surface area contributed by atoms with Crippen molar-refractivity contribution in [3.63, 3.8) is 0 Å². The molecule has 0 radical (unpaired) electrons. The third-order valence-corrected chi connectivity index (χ3v) is 3.84. The van der Waals surface area contributed by atoms with Crippen molar-refractivity contribution in [2.45, 2.75) is 45.4 Å². The number of aliphatic hydroxyl groups is 1. The van der Waals surface area contributed by atoms with Crippen molar-refractivity contribution in [1.29, 1.82) is 0 Å². The number of nitrogens with zero attached hydrogens (tertiary/aromatic N) is 1. The molecule has 1 fully saturated rings. The average molecular weight is 349 g/mol. The van der Waals surface area contributed by atoms with Gasteiger partial charge in [-0.15, -0.1) is 0 Å². The van der Waals surface area contributed by atoms with Crippen molar-refractivity contribution in [2.24, 2.45) is 0 Å². The van der Waals surface area contributed by atoms with Crippen LogP contribution >= 0.6 is 0 Å². The molecule has 0 unspecified atom stereocenters. The highest BCUT2D eigenvalue weighted by Gasteiger charge is 2.27. The van der Waals surface area contributed by atoms with E-state index in [1.54, 1.807) is 17.0 Å². The summed E-state index contributed by atoms with van der Waals surface area (Å²) in [5.74, 6) is -0.0239. The summed E-state index contributed by atoms with van der Waals surface area (Å²) in [6.45, 7) is 6.45. The van der Waals surface area contributed by atoms with Crippen molar-refractivity contribution < 1.29 is 19.4 Å². The van der Waals surface area contributed by atoms with E-state index in [-0.39, 0.29) is 36.8 Å². The van der Waals surface area contributed by atoms with Crippen LogP contribution in [0.4, 0.5) is 10.5 Å². The predicted molar refractivity (Wildman–Crippen MR) is 95.4 cm³/mol. The van der Waals surface area contributed by atoms with Crippen LogP contribution in [0.5, 0.6) is 0 Å². The Hall–Kier alpha value is -2.12. The zero-order chi connectivity index (χ0) is 18.4. The van der Waals surface area contributed by atoms with Gasteiger partial charge in [0.15, 0.2) is 0 Å².